The van der Waals surface area contributed by atoms with Gasteiger partial charge in [-0.3, -0.25) is 4.98 Å². The van der Waals surface area contributed by atoms with E-state index in [1.807, 2.05) is 0 Å². The molecule has 19 heavy (non-hydrogen) atoms. The highest BCUT2D eigenvalue weighted by Gasteiger charge is 2.15. The summed E-state index contributed by atoms with van der Waals surface area (Å²) >= 11 is 0. The Morgan fingerprint density at radius 2 is 2.42 bits per heavy atom. The maximum absolute atomic E-state index is 11.6. The Morgan fingerprint density at radius 1 is 1.53 bits per heavy atom. The summed E-state index contributed by atoms with van der Waals surface area (Å²) < 4.78 is 16.0. The van der Waals surface area contributed by atoms with Gasteiger partial charge in [-0.1, -0.05) is 0 Å². The molecule has 5 heteroatoms. The molecule has 1 fully saturated rings. The SMILES string of the molecule is CCOC(=O)c1ccnc(COC2CCCCO2)c1. The standard InChI is InChI=1S/C14H19NO4/c1-2-17-14(16)11-6-7-15-12(9-11)10-19-13-5-3-4-8-18-13/h6-7,9,13H,2-5,8,10H2,1H3. The molecule has 0 aromatic carbocycles. The van der Waals surface area contributed by atoms with Gasteiger partial charge in [0.25, 0.3) is 0 Å². The van der Waals surface area contributed by atoms with Crippen molar-refractivity contribution in [3.63, 3.8) is 0 Å². The van der Waals surface area contributed by atoms with Crippen molar-refractivity contribution in [2.45, 2.75) is 39.1 Å². The summed E-state index contributed by atoms with van der Waals surface area (Å²) in [5.41, 5.74) is 1.21. The monoisotopic (exact) mass is 265 g/mol. The predicted octanol–water partition coefficient (Wildman–Crippen LogP) is 2.30. The first kappa shape index (κ1) is 14.0. The van der Waals surface area contributed by atoms with E-state index in [2.05, 4.69) is 4.98 Å². The summed E-state index contributed by atoms with van der Waals surface area (Å²) in [6.45, 7) is 3.24. The molecule has 1 saturated heterocycles. The maximum atomic E-state index is 11.6. The predicted molar refractivity (Wildman–Crippen MR) is 68.6 cm³/mol. The molecule has 0 bridgehead atoms. The van der Waals surface area contributed by atoms with Crippen LogP contribution >= 0.6 is 0 Å². The van der Waals surface area contributed by atoms with Crippen LogP contribution in [0.3, 0.4) is 0 Å². The molecule has 0 amide bonds. The molecule has 2 heterocycles. The van der Waals surface area contributed by atoms with Crippen LogP contribution in [0, 0.1) is 0 Å². The van der Waals surface area contributed by atoms with Crippen molar-refractivity contribution in [1.82, 2.24) is 4.98 Å². The first-order valence-electron chi connectivity index (χ1n) is 6.65. The third kappa shape index (κ3) is 4.29. The molecule has 1 unspecified atom stereocenters. The van der Waals surface area contributed by atoms with Crippen LogP contribution in [-0.4, -0.2) is 30.5 Å². The molecule has 1 aromatic heterocycles. The van der Waals surface area contributed by atoms with Gasteiger partial charge in [-0.15, -0.1) is 0 Å². The second kappa shape index (κ2) is 7.21. The zero-order valence-electron chi connectivity index (χ0n) is 11.1. The summed E-state index contributed by atoms with van der Waals surface area (Å²) in [4.78, 5) is 15.8. The van der Waals surface area contributed by atoms with Gasteiger partial charge in [0, 0.05) is 12.8 Å². The summed E-state index contributed by atoms with van der Waals surface area (Å²) in [5, 5.41) is 0. The van der Waals surface area contributed by atoms with Gasteiger partial charge in [-0.05, 0) is 38.3 Å². The van der Waals surface area contributed by atoms with Gasteiger partial charge in [-0.2, -0.15) is 0 Å². The number of hydrogen-bond donors (Lipinski definition) is 0. The summed E-state index contributed by atoms with van der Waals surface area (Å²) in [6, 6.07) is 3.33. The Labute approximate surface area is 112 Å². The molecule has 5 nitrogen and oxygen atoms in total. The van der Waals surface area contributed by atoms with E-state index in [1.165, 1.54) is 0 Å². The molecule has 1 aliphatic heterocycles. The first-order chi connectivity index (χ1) is 9.29. The second-order valence-electron chi connectivity index (χ2n) is 4.36. The van der Waals surface area contributed by atoms with Crippen LogP contribution in [0.25, 0.3) is 0 Å². The minimum absolute atomic E-state index is 0.151. The van der Waals surface area contributed by atoms with E-state index in [0.29, 0.717) is 24.5 Å². The van der Waals surface area contributed by atoms with Gasteiger partial charge in [0.15, 0.2) is 6.29 Å². The van der Waals surface area contributed by atoms with Crippen LogP contribution in [0.15, 0.2) is 18.3 Å². The van der Waals surface area contributed by atoms with E-state index in [4.69, 9.17) is 14.2 Å². The van der Waals surface area contributed by atoms with Gasteiger partial charge in [0.05, 0.1) is 24.5 Å². The normalized spacial score (nSPS) is 19.1. The Balaban J connectivity index is 1.89. The highest BCUT2D eigenvalue weighted by atomic mass is 16.7. The highest BCUT2D eigenvalue weighted by molar-refractivity contribution is 5.89. The summed E-state index contributed by atoms with van der Waals surface area (Å²) in [7, 11) is 0. The number of carbonyl (C=O) groups excluding carboxylic acids is 1. The lowest BCUT2D eigenvalue weighted by Gasteiger charge is -2.22. The fourth-order valence-corrected chi connectivity index (χ4v) is 1.92. The van der Waals surface area contributed by atoms with Crippen LogP contribution in [-0.2, 0) is 20.8 Å². The van der Waals surface area contributed by atoms with Crippen LogP contribution < -0.4 is 0 Å². The molecule has 1 aromatic rings. The lowest BCUT2D eigenvalue weighted by molar-refractivity contribution is -0.169. The van der Waals surface area contributed by atoms with Crippen LogP contribution in [0.5, 0.6) is 0 Å². The number of aromatic nitrogens is 1. The fraction of sp³-hybridized carbons (Fsp3) is 0.571. The van der Waals surface area contributed by atoms with Crippen molar-refractivity contribution in [3.05, 3.63) is 29.6 Å². The molecule has 0 spiro atoms. The zero-order chi connectivity index (χ0) is 13.5. The zero-order valence-corrected chi connectivity index (χ0v) is 11.1. The number of pyridine rings is 1. The van der Waals surface area contributed by atoms with Crippen LogP contribution in [0.1, 0.15) is 42.2 Å². The third-order valence-electron chi connectivity index (χ3n) is 2.88. The van der Waals surface area contributed by atoms with Crippen molar-refractivity contribution in [2.75, 3.05) is 13.2 Å². The first-order valence-corrected chi connectivity index (χ1v) is 6.65. The van der Waals surface area contributed by atoms with Crippen LogP contribution in [0.4, 0.5) is 0 Å². The van der Waals surface area contributed by atoms with Gasteiger partial charge < -0.3 is 14.2 Å². The Hall–Kier alpha value is -1.46. The number of esters is 1. The smallest absolute Gasteiger partial charge is 0.338 e. The van der Waals surface area contributed by atoms with Crippen molar-refractivity contribution in [3.8, 4) is 0 Å². The van der Waals surface area contributed by atoms with Gasteiger partial charge in [0.2, 0.25) is 0 Å². The minimum Gasteiger partial charge on any atom is -0.462 e. The average Bonchev–Trinajstić information content (AvgIpc) is 2.47. The Kier molecular flexibility index (Phi) is 5.30. The van der Waals surface area contributed by atoms with Crippen molar-refractivity contribution >= 4 is 5.97 Å². The summed E-state index contributed by atoms with van der Waals surface area (Å²) in [6.07, 6.45) is 4.57. The molecule has 104 valence electrons. The number of rotatable bonds is 5. The number of hydrogen-bond acceptors (Lipinski definition) is 5. The average molecular weight is 265 g/mol. The van der Waals surface area contributed by atoms with E-state index in [-0.39, 0.29) is 12.3 Å². The van der Waals surface area contributed by atoms with Crippen LogP contribution in [0.2, 0.25) is 0 Å². The molecular formula is C14H19NO4. The van der Waals surface area contributed by atoms with Gasteiger partial charge >= 0.3 is 5.97 Å². The molecule has 1 aliphatic rings. The third-order valence-corrected chi connectivity index (χ3v) is 2.88. The van der Waals surface area contributed by atoms with E-state index in [0.717, 1.165) is 25.9 Å². The molecule has 0 N–H and O–H groups in total. The number of ether oxygens (including phenoxy) is 3. The number of carbonyl (C=O) groups is 1. The van der Waals surface area contributed by atoms with Gasteiger partial charge in [0.1, 0.15) is 0 Å². The van der Waals surface area contributed by atoms with Crippen molar-refractivity contribution in [1.29, 1.82) is 0 Å². The Bertz CT molecular complexity index is 416. The van der Waals surface area contributed by atoms with Crippen molar-refractivity contribution < 1.29 is 19.0 Å². The lowest BCUT2D eigenvalue weighted by atomic mass is 10.2. The van der Waals surface area contributed by atoms with E-state index >= 15 is 0 Å². The quantitative estimate of drug-likeness (QED) is 0.765. The largest absolute Gasteiger partial charge is 0.462 e. The topological polar surface area (TPSA) is 57.7 Å². The van der Waals surface area contributed by atoms with Gasteiger partial charge in [-0.25, -0.2) is 4.79 Å². The fourth-order valence-electron chi connectivity index (χ4n) is 1.92. The molecule has 2 rings (SSSR count). The molecule has 0 saturated carbocycles. The molecule has 0 aliphatic carbocycles. The second-order valence-corrected chi connectivity index (χ2v) is 4.36. The molecule has 1 atom stereocenters. The van der Waals surface area contributed by atoms with E-state index in [9.17, 15) is 4.79 Å². The Morgan fingerprint density at radius 3 is 3.16 bits per heavy atom. The molecular weight excluding hydrogens is 246 g/mol. The highest BCUT2D eigenvalue weighted by Crippen LogP contribution is 2.15. The lowest BCUT2D eigenvalue weighted by Crippen LogP contribution is -2.22. The number of nitrogens with zero attached hydrogens (tertiary/aromatic N) is 1. The van der Waals surface area contributed by atoms with Crippen molar-refractivity contribution in [2.24, 2.45) is 0 Å². The summed E-state index contributed by atoms with van der Waals surface area (Å²) in [5.74, 6) is -0.333. The maximum Gasteiger partial charge on any atom is 0.338 e. The minimum atomic E-state index is -0.333. The van der Waals surface area contributed by atoms with E-state index < -0.39 is 0 Å². The van der Waals surface area contributed by atoms with E-state index in [1.54, 1.807) is 25.3 Å². The molecule has 0 radical (unpaired) electrons.